The molecule has 2 rings (SSSR count). The minimum absolute atomic E-state index is 0.177. The average molecular weight is 262 g/mol. The molecule has 0 bridgehead atoms. The van der Waals surface area contributed by atoms with Gasteiger partial charge in [0.2, 0.25) is 5.69 Å². The van der Waals surface area contributed by atoms with Gasteiger partial charge in [-0.05, 0) is 6.07 Å². The molecular weight excluding hydrogens is 242 g/mol. The number of nitro groups is 1. The van der Waals surface area contributed by atoms with Crippen molar-refractivity contribution in [1.82, 2.24) is 0 Å². The smallest absolute Gasteiger partial charge is 0.268 e. The molecule has 5 nitrogen and oxygen atoms in total. The van der Waals surface area contributed by atoms with Crippen molar-refractivity contribution in [2.75, 3.05) is 25.0 Å². The monoisotopic (exact) mass is 262 g/mol. The minimum atomic E-state index is -0.304. The van der Waals surface area contributed by atoms with Crippen LogP contribution in [0.15, 0.2) is 24.3 Å². The van der Waals surface area contributed by atoms with Crippen LogP contribution in [-0.2, 0) is 0 Å². The molecule has 0 saturated carbocycles. The molecule has 0 fully saturated rings. The van der Waals surface area contributed by atoms with Gasteiger partial charge in [0.1, 0.15) is 0 Å². The summed E-state index contributed by atoms with van der Waals surface area (Å²) in [6.07, 6.45) is 1.01. The zero-order chi connectivity index (χ0) is 14.0. The molecule has 102 valence electrons. The number of para-hydroxylation sites is 2. The van der Waals surface area contributed by atoms with Crippen LogP contribution in [0.4, 0.5) is 11.4 Å². The Hall–Kier alpha value is -1.91. The molecule has 19 heavy (non-hydrogen) atoms. The summed E-state index contributed by atoms with van der Waals surface area (Å²) < 4.78 is 2.20. The van der Waals surface area contributed by atoms with Gasteiger partial charge < -0.3 is 0 Å². The van der Waals surface area contributed by atoms with Gasteiger partial charge >= 0.3 is 5.69 Å². The molecule has 1 aromatic carbocycles. The Morgan fingerprint density at radius 2 is 2.05 bits per heavy atom. The number of hydrogen-bond acceptors (Lipinski definition) is 3. The number of benzene rings is 1. The summed E-state index contributed by atoms with van der Waals surface area (Å²) in [6, 6.07) is 6.97. The van der Waals surface area contributed by atoms with Gasteiger partial charge in [0.05, 0.1) is 31.0 Å². The van der Waals surface area contributed by atoms with E-state index in [4.69, 9.17) is 0 Å². The van der Waals surface area contributed by atoms with E-state index in [9.17, 15) is 10.1 Å². The molecule has 0 unspecified atom stereocenters. The van der Waals surface area contributed by atoms with Gasteiger partial charge in [-0.15, -0.1) is 0 Å². The van der Waals surface area contributed by atoms with E-state index in [-0.39, 0.29) is 10.6 Å². The Morgan fingerprint density at radius 1 is 1.37 bits per heavy atom. The summed E-state index contributed by atoms with van der Waals surface area (Å²) in [5, 5.41) is 11.2. The van der Waals surface area contributed by atoms with Crippen molar-refractivity contribution in [1.29, 1.82) is 0 Å². The highest BCUT2D eigenvalue weighted by Crippen LogP contribution is 2.30. The van der Waals surface area contributed by atoms with Crippen LogP contribution in [0, 0.1) is 16.0 Å². The van der Waals surface area contributed by atoms with E-state index in [0.29, 0.717) is 11.6 Å². The third-order valence-corrected chi connectivity index (χ3v) is 3.43. The standard InChI is InChI=1S/C14H20N3O2/c1-11(2)14-15(3)9-6-10-16(14)12-7-4-5-8-13(12)17(18)19/h4-5,7-8,11H,6,9-10H2,1-3H3/q+1. The molecule has 0 atom stereocenters. The van der Waals surface area contributed by atoms with E-state index in [1.165, 1.54) is 0 Å². The van der Waals surface area contributed by atoms with Crippen LogP contribution < -0.4 is 4.90 Å². The molecule has 1 aromatic rings. The van der Waals surface area contributed by atoms with Crippen LogP contribution >= 0.6 is 0 Å². The summed E-state index contributed by atoms with van der Waals surface area (Å²) in [5.74, 6) is 1.49. The summed E-state index contributed by atoms with van der Waals surface area (Å²) in [5.41, 5.74) is 0.874. The average Bonchev–Trinajstić information content (AvgIpc) is 2.37. The van der Waals surface area contributed by atoms with E-state index < -0.39 is 0 Å². The Bertz CT molecular complexity index is 523. The Balaban J connectivity index is 2.51. The van der Waals surface area contributed by atoms with Gasteiger partial charge in [0, 0.05) is 12.5 Å². The first-order valence-electron chi connectivity index (χ1n) is 6.61. The second kappa shape index (κ2) is 5.38. The van der Waals surface area contributed by atoms with Crippen LogP contribution in [0.3, 0.4) is 0 Å². The van der Waals surface area contributed by atoms with Crippen molar-refractivity contribution >= 4 is 17.2 Å². The number of amidine groups is 1. The Morgan fingerprint density at radius 3 is 2.68 bits per heavy atom. The molecule has 0 radical (unpaired) electrons. The number of nitro benzene ring substituents is 1. The molecular formula is C14H20N3O2+. The van der Waals surface area contributed by atoms with E-state index in [1.807, 2.05) is 12.1 Å². The van der Waals surface area contributed by atoms with Gasteiger partial charge in [0.25, 0.3) is 5.84 Å². The third-order valence-electron chi connectivity index (χ3n) is 3.43. The number of anilines is 1. The lowest BCUT2D eigenvalue weighted by Crippen LogP contribution is -2.46. The number of nitrogens with zero attached hydrogens (tertiary/aromatic N) is 3. The van der Waals surface area contributed by atoms with Gasteiger partial charge in [0.15, 0.2) is 0 Å². The SMILES string of the molecule is CC(C)C1=[N+](C)CCCN1c1ccccc1[N+](=O)[O-]. The van der Waals surface area contributed by atoms with E-state index in [2.05, 4.69) is 30.4 Å². The lowest BCUT2D eigenvalue weighted by molar-refractivity contribution is -0.504. The van der Waals surface area contributed by atoms with Gasteiger partial charge in [-0.3, -0.25) is 14.7 Å². The molecule has 1 aliphatic heterocycles. The maximum atomic E-state index is 11.2. The van der Waals surface area contributed by atoms with Crippen LogP contribution in [0.1, 0.15) is 20.3 Å². The van der Waals surface area contributed by atoms with Gasteiger partial charge in [-0.2, -0.15) is 0 Å². The quantitative estimate of drug-likeness (QED) is 0.478. The maximum absolute atomic E-state index is 11.2. The molecule has 1 aliphatic rings. The molecule has 0 amide bonds. The Labute approximate surface area is 113 Å². The largest absolute Gasteiger partial charge is 0.315 e. The van der Waals surface area contributed by atoms with Crippen molar-refractivity contribution < 1.29 is 9.50 Å². The molecule has 0 aliphatic carbocycles. The summed E-state index contributed by atoms with van der Waals surface area (Å²) in [4.78, 5) is 13.0. The van der Waals surface area contributed by atoms with Crippen LogP contribution in [0.25, 0.3) is 0 Å². The highest BCUT2D eigenvalue weighted by atomic mass is 16.6. The predicted molar refractivity (Wildman–Crippen MR) is 76.0 cm³/mol. The highest BCUT2D eigenvalue weighted by Gasteiger charge is 2.34. The number of rotatable bonds is 3. The lowest BCUT2D eigenvalue weighted by Gasteiger charge is -2.27. The highest BCUT2D eigenvalue weighted by molar-refractivity contribution is 5.97. The minimum Gasteiger partial charge on any atom is -0.268 e. The molecule has 5 heteroatoms. The molecule has 0 aromatic heterocycles. The van der Waals surface area contributed by atoms with Crippen LogP contribution in [0.2, 0.25) is 0 Å². The summed E-state index contributed by atoms with van der Waals surface area (Å²) >= 11 is 0. The van der Waals surface area contributed by atoms with Crippen molar-refractivity contribution in [2.45, 2.75) is 20.3 Å². The first-order valence-corrected chi connectivity index (χ1v) is 6.61. The fourth-order valence-corrected chi connectivity index (χ4v) is 2.74. The van der Waals surface area contributed by atoms with E-state index >= 15 is 0 Å². The van der Waals surface area contributed by atoms with Crippen molar-refractivity contribution in [3.63, 3.8) is 0 Å². The second-order valence-electron chi connectivity index (χ2n) is 5.19. The number of hydrogen-bond donors (Lipinski definition) is 0. The van der Waals surface area contributed by atoms with Gasteiger partial charge in [-0.1, -0.05) is 26.0 Å². The van der Waals surface area contributed by atoms with Gasteiger partial charge in [-0.25, -0.2) is 4.90 Å². The fourth-order valence-electron chi connectivity index (χ4n) is 2.74. The first kappa shape index (κ1) is 13.5. The van der Waals surface area contributed by atoms with E-state index in [1.54, 1.807) is 12.1 Å². The maximum Gasteiger partial charge on any atom is 0.315 e. The topological polar surface area (TPSA) is 49.4 Å². The fraction of sp³-hybridized carbons (Fsp3) is 0.500. The normalized spacial score (nSPS) is 16.1. The van der Waals surface area contributed by atoms with Crippen molar-refractivity contribution in [2.24, 2.45) is 5.92 Å². The zero-order valence-electron chi connectivity index (χ0n) is 11.7. The zero-order valence-corrected chi connectivity index (χ0v) is 11.7. The Kier molecular flexibility index (Phi) is 3.83. The lowest BCUT2D eigenvalue weighted by atomic mass is 10.1. The molecule has 0 saturated heterocycles. The predicted octanol–water partition coefficient (Wildman–Crippen LogP) is 2.50. The van der Waals surface area contributed by atoms with Crippen LogP contribution in [-0.4, -0.2) is 35.5 Å². The van der Waals surface area contributed by atoms with E-state index in [0.717, 1.165) is 25.3 Å². The molecule has 1 heterocycles. The van der Waals surface area contributed by atoms with Crippen molar-refractivity contribution in [3.8, 4) is 0 Å². The van der Waals surface area contributed by atoms with Crippen LogP contribution in [0.5, 0.6) is 0 Å². The third kappa shape index (κ3) is 2.59. The summed E-state index contributed by atoms with van der Waals surface area (Å²) in [7, 11) is 2.05. The molecule has 0 N–H and O–H groups in total. The summed E-state index contributed by atoms with van der Waals surface area (Å²) in [6.45, 7) is 6.09. The first-order chi connectivity index (χ1) is 9.02. The van der Waals surface area contributed by atoms with Crippen molar-refractivity contribution in [3.05, 3.63) is 34.4 Å². The molecule has 0 spiro atoms. The second-order valence-corrected chi connectivity index (χ2v) is 5.19.